The van der Waals surface area contributed by atoms with Gasteiger partial charge in [-0.25, -0.2) is 0 Å². The first-order valence-electron chi connectivity index (χ1n) is 3.54. The summed E-state index contributed by atoms with van der Waals surface area (Å²) < 4.78 is 0. The molecule has 0 N–H and O–H groups in total. The lowest BCUT2D eigenvalue weighted by Crippen LogP contribution is -2.10. The lowest BCUT2D eigenvalue weighted by atomic mass is 9.87. The zero-order chi connectivity index (χ0) is 7.84. The molecule has 56 valence electrons. The van der Waals surface area contributed by atoms with Crippen LogP contribution in [0.25, 0.3) is 0 Å². The first-order chi connectivity index (χ1) is 5.29. The largest absolute Gasteiger partial charge is 0.272 e. The number of hydrogen-bond donors (Lipinski definition) is 0. The maximum Gasteiger partial charge on any atom is 0.272 e. The molecule has 2 rings (SSSR count). The summed E-state index contributed by atoms with van der Waals surface area (Å²) in [5.74, 6) is 0. The molecule has 0 aliphatic heterocycles. The second-order valence-electron chi connectivity index (χ2n) is 2.67. The van der Waals surface area contributed by atoms with E-state index in [0.717, 1.165) is 24.0 Å². The van der Waals surface area contributed by atoms with Crippen LogP contribution in [0.4, 0.5) is 5.69 Å². The highest BCUT2D eigenvalue weighted by molar-refractivity contribution is 5.50. The molecular formula is C8H7NO2. The molecule has 0 bridgehead atoms. The Balaban J connectivity index is 2.57. The number of nitro benzene ring substituents is 1. The molecule has 0 fully saturated rings. The van der Waals surface area contributed by atoms with Gasteiger partial charge in [0.15, 0.2) is 0 Å². The first-order valence-corrected chi connectivity index (χ1v) is 3.54. The number of hydrogen-bond acceptors (Lipinski definition) is 2. The van der Waals surface area contributed by atoms with Crippen LogP contribution >= 0.6 is 0 Å². The van der Waals surface area contributed by atoms with Crippen molar-refractivity contribution in [2.75, 3.05) is 0 Å². The molecule has 1 aromatic carbocycles. The maximum absolute atomic E-state index is 10.4. The summed E-state index contributed by atoms with van der Waals surface area (Å²) >= 11 is 0. The predicted molar refractivity (Wildman–Crippen MR) is 40.5 cm³/mol. The van der Waals surface area contributed by atoms with Gasteiger partial charge in [-0.15, -0.1) is 0 Å². The van der Waals surface area contributed by atoms with E-state index in [9.17, 15) is 10.1 Å². The predicted octanol–water partition coefficient (Wildman–Crippen LogP) is 1.69. The SMILES string of the molecule is O=[N+]([O-])c1cccc2c1CC2. The Morgan fingerprint density at radius 1 is 1.36 bits per heavy atom. The third-order valence-electron chi connectivity index (χ3n) is 2.09. The normalized spacial score (nSPS) is 13.5. The summed E-state index contributed by atoms with van der Waals surface area (Å²) in [6.45, 7) is 0. The Morgan fingerprint density at radius 3 is 2.64 bits per heavy atom. The van der Waals surface area contributed by atoms with E-state index in [4.69, 9.17) is 0 Å². The van der Waals surface area contributed by atoms with E-state index in [1.54, 1.807) is 12.1 Å². The summed E-state index contributed by atoms with van der Waals surface area (Å²) in [5.41, 5.74) is 2.35. The lowest BCUT2D eigenvalue weighted by Gasteiger charge is -2.16. The van der Waals surface area contributed by atoms with Gasteiger partial charge in [0.05, 0.1) is 4.92 Å². The fourth-order valence-electron chi connectivity index (χ4n) is 1.40. The highest BCUT2D eigenvalue weighted by Crippen LogP contribution is 2.30. The van der Waals surface area contributed by atoms with Crippen molar-refractivity contribution in [2.45, 2.75) is 12.8 Å². The van der Waals surface area contributed by atoms with Crippen molar-refractivity contribution >= 4 is 5.69 Å². The number of nitro groups is 1. The zero-order valence-corrected chi connectivity index (χ0v) is 5.91. The van der Waals surface area contributed by atoms with Crippen LogP contribution < -0.4 is 0 Å². The Kier molecular flexibility index (Phi) is 1.18. The number of rotatable bonds is 1. The summed E-state index contributed by atoms with van der Waals surface area (Å²) in [6, 6.07) is 5.26. The van der Waals surface area contributed by atoms with Gasteiger partial charge in [-0.1, -0.05) is 12.1 Å². The monoisotopic (exact) mass is 149 g/mol. The minimum atomic E-state index is -0.308. The van der Waals surface area contributed by atoms with Gasteiger partial charge in [0.2, 0.25) is 0 Å². The zero-order valence-electron chi connectivity index (χ0n) is 5.91. The second kappa shape index (κ2) is 2.05. The van der Waals surface area contributed by atoms with E-state index in [1.807, 2.05) is 6.07 Å². The molecule has 3 nitrogen and oxygen atoms in total. The van der Waals surface area contributed by atoms with Crippen LogP contribution in [0.2, 0.25) is 0 Å². The standard InChI is InChI=1S/C8H7NO2/c10-9(11)8-3-1-2-6-4-5-7(6)8/h1-3H,4-5H2. The molecule has 1 aliphatic rings. The molecule has 0 aromatic heterocycles. The highest BCUT2D eigenvalue weighted by Gasteiger charge is 2.22. The molecule has 0 saturated carbocycles. The fraction of sp³-hybridized carbons (Fsp3) is 0.250. The second-order valence-corrected chi connectivity index (χ2v) is 2.67. The van der Waals surface area contributed by atoms with Gasteiger partial charge in [0.1, 0.15) is 0 Å². The Bertz CT molecular complexity index is 320. The van der Waals surface area contributed by atoms with Gasteiger partial charge in [0, 0.05) is 11.6 Å². The van der Waals surface area contributed by atoms with Gasteiger partial charge >= 0.3 is 0 Å². The van der Waals surface area contributed by atoms with E-state index in [1.165, 1.54) is 0 Å². The number of nitrogens with zero attached hydrogens (tertiary/aromatic N) is 1. The van der Waals surface area contributed by atoms with Crippen LogP contribution in [-0.4, -0.2) is 4.92 Å². The third kappa shape index (κ3) is 0.808. The number of aryl methyl sites for hydroxylation is 1. The van der Waals surface area contributed by atoms with E-state index in [-0.39, 0.29) is 10.6 Å². The maximum atomic E-state index is 10.4. The molecular weight excluding hydrogens is 142 g/mol. The molecule has 0 unspecified atom stereocenters. The molecule has 0 atom stereocenters. The first kappa shape index (κ1) is 6.34. The van der Waals surface area contributed by atoms with Crippen LogP contribution in [0.5, 0.6) is 0 Å². The van der Waals surface area contributed by atoms with Crippen molar-refractivity contribution in [1.29, 1.82) is 0 Å². The Labute approximate surface area is 63.8 Å². The van der Waals surface area contributed by atoms with Crippen molar-refractivity contribution in [3.05, 3.63) is 39.4 Å². The van der Waals surface area contributed by atoms with Crippen molar-refractivity contribution in [3.63, 3.8) is 0 Å². The molecule has 0 heterocycles. The van der Waals surface area contributed by atoms with Crippen molar-refractivity contribution in [3.8, 4) is 0 Å². The third-order valence-corrected chi connectivity index (χ3v) is 2.09. The molecule has 0 saturated heterocycles. The van der Waals surface area contributed by atoms with Crippen LogP contribution in [0.15, 0.2) is 18.2 Å². The molecule has 1 aromatic rings. The van der Waals surface area contributed by atoms with Crippen LogP contribution in [-0.2, 0) is 12.8 Å². The van der Waals surface area contributed by atoms with Crippen LogP contribution in [0.3, 0.4) is 0 Å². The minimum Gasteiger partial charge on any atom is -0.258 e. The van der Waals surface area contributed by atoms with Crippen LogP contribution in [0.1, 0.15) is 11.1 Å². The Hall–Kier alpha value is -1.38. The van der Waals surface area contributed by atoms with Crippen molar-refractivity contribution in [1.82, 2.24) is 0 Å². The molecule has 1 aliphatic carbocycles. The van der Waals surface area contributed by atoms with Crippen LogP contribution in [0, 0.1) is 10.1 Å². The Morgan fingerprint density at radius 2 is 2.18 bits per heavy atom. The molecule has 0 radical (unpaired) electrons. The van der Waals surface area contributed by atoms with Crippen molar-refractivity contribution < 1.29 is 4.92 Å². The molecule has 0 spiro atoms. The average Bonchev–Trinajstić information content (AvgIpc) is 1.90. The lowest BCUT2D eigenvalue weighted by molar-refractivity contribution is -0.385. The van der Waals surface area contributed by atoms with Gasteiger partial charge in [0.25, 0.3) is 5.69 Å². The van der Waals surface area contributed by atoms with E-state index < -0.39 is 0 Å². The summed E-state index contributed by atoms with van der Waals surface area (Å²) in [5, 5.41) is 10.4. The highest BCUT2D eigenvalue weighted by atomic mass is 16.6. The van der Waals surface area contributed by atoms with Gasteiger partial charge in [-0.2, -0.15) is 0 Å². The topological polar surface area (TPSA) is 43.1 Å². The number of benzene rings is 1. The smallest absolute Gasteiger partial charge is 0.258 e. The van der Waals surface area contributed by atoms with Gasteiger partial charge in [-0.05, 0) is 18.4 Å². The van der Waals surface area contributed by atoms with E-state index >= 15 is 0 Å². The van der Waals surface area contributed by atoms with Crippen molar-refractivity contribution in [2.24, 2.45) is 0 Å². The van der Waals surface area contributed by atoms with E-state index in [0.29, 0.717) is 0 Å². The number of fused-ring (bicyclic) bond motifs is 1. The molecule has 0 amide bonds. The molecule has 3 heteroatoms. The fourth-order valence-corrected chi connectivity index (χ4v) is 1.40. The summed E-state index contributed by atoms with van der Waals surface area (Å²) in [4.78, 5) is 10.1. The summed E-state index contributed by atoms with van der Waals surface area (Å²) in [7, 11) is 0. The summed E-state index contributed by atoms with van der Waals surface area (Å²) in [6.07, 6.45) is 1.86. The minimum absolute atomic E-state index is 0.286. The van der Waals surface area contributed by atoms with Gasteiger partial charge in [-0.3, -0.25) is 10.1 Å². The molecule has 11 heavy (non-hydrogen) atoms. The average molecular weight is 149 g/mol. The quantitative estimate of drug-likeness (QED) is 0.450. The van der Waals surface area contributed by atoms with Gasteiger partial charge < -0.3 is 0 Å². The van der Waals surface area contributed by atoms with E-state index in [2.05, 4.69) is 0 Å².